The van der Waals surface area contributed by atoms with Crippen LogP contribution in [0.3, 0.4) is 0 Å². The van der Waals surface area contributed by atoms with Crippen molar-refractivity contribution in [1.82, 2.24) is 9.21 Å². The molecule has 0 bridgehead atoms. The van der Waals surface area contributed by atoms with Crippen molar-refractivity contribution in [1.29, 1.82) is 0 Å². The number of nitrogens with zero attached hydrogens (tertiary/aromatic N) is 3. The predicted octanol–water partition coefficient (Wildman–Crippen LogP) is 3.25. The SMILES string of the molecule is C[C@H]1CN(Cc2ccccc2)[C@@H](CBr)CN1S(=O)(=O)c1ccc([N+](=O)[O-])cc1. The maximum absolute atomic E-state index is 13.1. The topological polar surface area (TPSA) is 83.8 Å². The second-order valence-electron chi connectivity index (χ2n) is 6.90. The summed E-state index contributed by atoms with van der Waals surface area (Å²) < 4.78 is 27.8. The molecule has 1 heterocycles. The molecule has 1 aliphatic heterocycles. The summed E-state index contributed by atoms with van der Waals surface area (Å²) in [5, 5.41) is 11.5. The minimum absolute atomic E-state index is 0.0317. The molecule has 1 aliphatic rings. The van der Waals surface area contributed by atoms with Crippen molar-refractivity contribution in [2.24, 2.45) is 0 Å². The maximum Gasteiger partial charge on any atom is 0.269 e. The second-order valence-corrected chi connectivity index (χ2v) is 9.44. The fourth-order valence-corrected chi connectivity index (χ4v) is 5.72. The zero-order valence-electron chi connectivity index (χ0n) is 15.4. The van der Waals surface area contributed by atoms with E-state index >= 15 is 0 Å². The summed E-state index contributed by atoms with van der Waals surface area (Å²) >= 11 is 3.52. The number of non-ortho nitro benzene ring substituents is 1. The molecule has 0 aliphatic carbocycles. The normalized spacial score (nSPS) is 21.5. The highest BCUT2D eigenvalue weighted by molar-refractivity contribution is 9.09. The number of hydrogen-bond donors (Lipinski definition) is 0. The Balaban J connectivity index is 1.80. The zero-order chi connectivity index (χ0) is 20.3. The summed E-state index contributed by atoms with van der Waals surface area (Å²) in [6.45, 7) is 3.62. The van der Waals surface area contributed by atoms with Crippen LogP contribution in [0.15, 0.2) is 59.5 Å². The highest BCUT2D eigenvalue weighted by Crippen LogP contribution is 2.27. The Kier molecular flexibility index (Phi) is 6.49. The standard InChI is InChI=1S/C19H22BrN3O4S/c1-15-12-21(13-16-5-3-2-4-6-16)18(11-20)14-22(15)28(26,27)19-9-7-17(8-10-19)23(24)25/h2-10,15,18H,11-14H2,1H3/t15-,18-/m0/s1. The molecule has 7 nitrogen and oxygen atoms in total. The lowest BCUT2D eigenvalue weighted by Crippen LogP contribution is -2.59. The van der Waals surface area contributed by atoms with Gasteiger partial charge in [0.05, 0.1) is 9.82 Å². The zero-order valence-corrected chi connectivity index (χ0v) is 17.8. The number of alkyl halides is 1. The molecule has 9 heteroatoms. The van der Waals surface area contributed by atoms with Gasteiger partial charge in [-0.2, -0.15) is 4.31 Å². The summed E-state index contributed by atoms with van der Waals surface area (Å²) in [4.78, 5) is 12.6. The summed E-state index contributed by atoms with van der Waals surface area (Å²) in [6.07, 6.45) is 0. The molecule has 0 spiro atoms. The minimum Gasteiger partial charge on any atom is -0.292 e. The van der Waals surface area contributed by atoms with Crippen LogP contribution in [0.2, 0.25) is 0 Å². The van der Waals surface area contributed by atoms with Gasteiger partial charge in [0.15, 0.2) is 0 Å². The van der Waals surface area contributed by atoms with Gasteiger partial charge in [0, 0.05) is 49.2 Å². The Labute approximate surface area is 173 Å². The van der Waals surface area contributed by atoms with Gasteiger partial charge in [0.25, 0.3) is 5.69 Å². The number of halogens is 1. The third kappa shape index (κ3) is 4.43. The van der Waals surface area contributed by atoms with Crippen molar-refractivity contribution < 1.29 is 13.3 Å². The number of nitro benzene ring substituents is 1. The second kappa shape index (κ2) is 8.69. The van der Waals surface area contributed by atoms with E-state index in [1.165, 1.54) is 34.1 Å². The van der Waals surface area contributed by atoms with Crippen LogP contribution in [0.5, 0.6) is 0 Å². The first-order valence-electron chi connectivity index (χ1n) is 8.93. The molecule has 1 fully saturated rings. The molecule has 28 heavy (non-hydrogen) atoms. The number of rotatable bonds is 6. The molecule has 0 aromatic heterocycles. The average Bonchev–Trinajstić information content (AvgIpc) is 2.69. The maximum atomic E-state index is 13.1. The van der Waals surface area contributed by atoms with Gasteiger partial charge in [-0.05, 0) is 24.6 Å². The van der Waals surface area contributed by atoms with E-state index in [9.17, 15) is 18.5 Å². The smallest absolute Gasteiger partial charge is 0.269 e. The first kappa shape index (κ1) is 20.9. The summed E-state index contributed by atoms with van der Waals surface area (Å²) in [5.74, 6) is 0. The van der Waals surface area contributed by atoms with Gasteiger partial charge in [-0.3, -0.25) is 15.0 Å². The Morgan fingerprint density at radius 3 is 2.32 bits per heavy atom. The van der Waals surface area contributed by atoms with Crippen molar-refractivity contribution >= 4 is 31.6 Å². The van der Waals surface area contributed by atoms with Crippen molar-refractivity contribution in [3.05, 3.63) is 70.3 Å². The molecular weight excluding hydrogens is 446 g/mol. The predicted molar refractivity (Wildman–Crippen MR) is 111 cm³/mol. The number of piperazine rings is 1. The number of benzene rings is 2. The van der Waals surface area contributed by atoms with E-state index in [1.54, 1.807) is 0 Å². The molecule has 0 N–H and O–H groups in total. The molecule has 150 valence electrons. The largest absolute Gasteiger partial charge is 0.292 e. The van der Waals surface area contributed by atoms with Crippen LogP contribution >= 0.6 is 15.9 Å². The van der Waals surface area contributed by atoms with Crippen LogP contribution in [0.1, 0.15) is 12.5 Å². The van der Waals surface area contributed by atoms with Crippen LogP contribution in [-0.4, -0.2) is 53.0 Å². The van der Waals surface area contributed by atoms with Gasteiger partial charge >= 0.3 is 0 Å². The van der Waals surface area contributed by atoms with E-state index < -0.39 is 14.9 Å². The fourth-order valence-electron chi connectivity index (χ4n) is 3.45. The monoisotopic (exact) mass is 467 g/mol. The lowest BCUT2D eigenvalue weighted by atomic mass is 10.1. The number of nitro groups is 1. The highest BCUT2D eigenvalue weighted by Gasteiger charge is 2.38. The quantitative estimate of drug-likeness (QED) is 0.369. The summed E-state index contributed by atoms with van der Waals surface area (Å²) in [6, 6.07) is 15.0. The third-order valence-corrected chi connectivity index (χ3v) is 7.70. The van der Waals surface area contributed by atoms with Gasteiger partial charge in [-0.15, -0.1) is 0 Å². The Bertz CT molecular complexity index is 922. The molecule has 0 unspecified atom stereocenters. The lowest BCUT2D eigenvalue weighted by molar-refractivity contribution is -0.384. The first-order valence-corrected chi connectivity index (χ1v) is 11.5. The minimum atomic E-state index is -3.73. The third-order valence-electron chi connectivity index (χ3n) is 4.96. The van der Waals surface area contributed by atoms with Crippen molar-refractivity contribution in [3.63, 3.8) is 0 Å². The Morgan fingerprint density at radius 2 is 1.75 bits per heavy atom. The van der Waals surface area contributed by atoms with Crippen LogP contribution in [0.4, 0.5) is 5.69 Å². The average molecular weight is 468 g/mol. The van der Waals surface area contributed by atoms with E-state index in [0.717, 1.165) is 6.54 Å². The summed E-state index contributed by atoms with van der Waals surface area (Å²) in [7, 11) is -3.73. The first-order chi connectivity index (χ1) is 13.3. The fraction of sp³-hybridized carbons (Fsp3) is 0.368. The van der Waals surface area contributed by atoms with Crippen LogP contribution in [-0.2, 0) is 16.6 Å². The van der Waals surface area contributed by atoms with Gasteiger partial charge in [0.2, 0.25) is 10.0 Å². The van der Waals surface area contributed by atoms with Crippen LogP contribution in [0.25, 0.3) is 0 Å². The van der Waals surface area contributed by atoms with E-state index in [4.69, 9.17) is 0 Å². The molecule has 0 amide bonds. The van der Waals surface area contributed by atoms with Gasteiger partial charge in [0.1, 0.15) is 0 Å². The van der Waals surface area contributed by atoms with E-state index in [-0.39, 0.29) is 22.7 Å². The van der Waals surface area contributed by atoms with Crippen LogP contribution < -0.4 is 0 Å². The van der Waals surface area contributed by atoms with Gasteiger partial charge < -0.3 is 0 Å². The molecule has 3 rings (SSSR count). The molecule has 2 aromatic carbocycles. The van der Waals surface area contributed by atoms with E-state index in [2.05, 4.69) is 33.0 Å². The highest BCUT2D eigenvalue weighted by atomic mass is 79.9. The van der Waals surface area contributed by atoms with Gasteiger partial charge in [-0.1, -0.05) is 46.3 Å². The van der Waals surface area contributed by atoms with E-state index in [0.29, 0.717) is 18.4 Å². The van der Waals surface area contributed by atoms with Crippen molar-refractivity contribution in [3.8, 4) is 0 Å². The Morgan fingerprint density at radius 1 is 1.11 bits per heavy atom. The van der Waals surface area contributed by atoms with Crippen molar-refractivity contribution in [2.75, 3.05) is 18.4 Å². The number of sulfonamides is 1. The summed E-state index contributed by atoms with van der Waals surface area (Å²) in [5.41, 5.74) is 1.06. The van der Waals surface area contributed by atoms with Crippen molar-refractivity contribution in [2.45, 2.75) is 30.4 Å². The molecule has 2 aromatic rings. The van der Waals surface area contributed by atoms with Gasteiger partial charge in [-0.25, -0.2) is 8.42 Å². The van der Waals surface area contributed by atoms with Crippen LogP contribution in [0, 0.1) is 10.1 Å². The Hall–Kier alpha value is -1.81. The van der Waals surface area contributed by atoms with E-state index in [1.807, 2.05) is 25.1 Å². The molecular formula is C19H22BrN3O4S. The molecule has 0 saturated carbocycles. The molecule has 1 saturated heterocycles. The molecule has 2 atom stereocenters. The number of hydrogen-bond acceptors (Lipinski definition) is 5. The lowest BCUT2D eigenvalue weighted by Gasteiger charge is -2.44. The molecule has 0 radical (unpaired) electrons.